The molecule has 4 nitrogen and oxygen atoms in total. The first-order valence-corrected chi connectivity index (χ1v) is 6.84. The number of nitrogens with zero attached hydrogens (tertiary/aromatic N) is 2. The van der Waals surface area contributed by atoms with Crippen LogP contribution in [0.5, 0.6) is 0 Å². The third kappa shape index (κ3) is 3.86. The Bertz CT molecular complexity index is 405. The molecule has 0 unspecified atom stereocenters. The maximum atomic E-state index is 4.62. The van der Waals surface area contributed by atoms with Crippen LogP contribution in [0.2, 0.25) is 0 Å². The third-order valence-electron chi connectivity index (χ3n) is 2.84. The van der Waals surface area contributed by atoms with Crippen LogP contribution in [0.4, 0.5) is 11.6 Å². The minimum atomic E-state index is 0.253. The number of hydrogen-bond acceptors (Lipinski definition) is 4. The van der Waals surface area contributed by atoms with Crippen LogP contribution in [0.25, 0.3) is 0 Å². The van der Waals surface area contributed by atoms with E-state index in [1.54, 1.807) is 0 Å². The fraction of sp³-hybridized carbons (Fsp3) is 0.714. The van der Waals surface area contributed by atoms with Crippen molar-refractivity contribution in [2.75, 3.05) is 23.7 Å². The van der Waals surface area contributed by atoms with E-state index in [4.69, 9.17) is 0 Å². The summed E-state index contributed by atoms with van der Waals surface area (Å²) in [6.45, 7) is 10.5. The number of nitrogens with one attached hydrogen (secondary N) is 2. The maximum absolute atomic E-state index is 4.62. The van der Waals surface area contributed by atoms with Crippen LogP contribution in [-0.2, 0) is 0 Å². The van der Waals surface area contributed by atoms with Gasteiger partial charge in [0.05, 0.1) is 0 Å². The van der Waals surface area contributed by atoms with Crippen molar-refractivity contribution in [3.63, 3.8) is 0 Å². The zero-order chi connectivity index (χ0) is 13.2. The SMILES string of the molecule is CCNc1cc(NCC(C)(C)C)nc(C2CC2)n1. The Balaban J connectivity index is 2.12. The summed E-state index contributed by atoms with van der Waals surface area (Å²) in [5.41, 5.74) is 0.253. The van der Waals surface area contributed by atoms with Crippen molar-refractivity contribution in [3.05, 3.63) is 11.9 Å². The summed E-state index contributed by atoms with van der Waals surface area (Å²) in [6, 6.07) is 2.00. The predicted octanol–water partition coefficient (Wildman–Crippen LogP) is 3.24. The monoisotopic (exact) mass is 248 g/mol. The van der Waals surface area contributed by atoms with E-state index in [9.17, 15) is 0 Å². The van der Waals surface area contributed by atoms with Gasteiger partial charge in [0.2, 0.25) is 0 Å². The van der Waals surface area contributed by atoms with Crippen molar-refractivity contribution >= 4 is 11.6 Å². The van der Waals surface area contributed by atoms with Crippen LogP contribution in [-0.4, -0.2) is 23.1 Å². The first-order chi connectivity index (χ1) is 8.48. The van der Waals surface area contributed by atoms with Gasteiger partial charge >= 0.3 is 0 Å². The first kappa shape index (κ1) is 13.1. The summed E-state index contributed by atoms with van der Waals surface area (Å²) in [5, 5.41) is 6.69. The molecule has 1 aromatic rings. The van der Waals surface area contributed by atoms with Gasteiger partial charge in [-0.2, -0.15) is 0 Å². The van der Waals surface area contributed by atoms with Crippen molar-refractivity contribution in [2.24, 2.45) is 5.41 Å². The smallest absolute Gasteiger partial charge is 0.136 e. The lowest BCUT2D eigenvalue weighted by Gasteiger charge is -2.19. The summed E-state index contributed by atoms with van der Waals surface area (Å²) >= 11 is 0. The Kier molecular flexibility index (Phi) is 3.73. The summed E-state index contributed by atoms with van der Waals surface area (Å²) in [5.74, 6) is 3.45. The average Bonchev–Trinajstić information content (AvgIpc) is 3.09. The van der Waals surface area contributed by atoms with E-state index in [1.807, 2.05) is 6.07 Å². The molecule has 0 saturated heterocycles. The minimum Gasteiger partial charge on any atom is -0.370 e. The van der Waals surface area contributed by atoms with E-state index in [0.717, 1.165) is 30.5 Å². The molecule has 1 aromatic heterocycles. The van der Waals surface area contributed by atoms with E-state index in [0.29, 0.717) is 5.92 Å². The Hall–Kier alpha value is -1.32. The van der Waals surface area contributed by atoms with E-state index in [-0.39, 0.29) is 5.41 Å². The van der Waals surface area contributed by atoms with Gasteiger partial charge in [-0.3, -0.25) is 0 Å². The maximum Gasteiger partial charge on any atom is 0.136 e. The molecule has 1 fully saturated rings. The standard InChI is InChI=1S/C14H24N4/c1-5-15-11-8-12(16-9-14(2,3)4)18-13(17-11)10-6-7-10/h8,10H,5-7,9H2,1-4H3,(H2,15,16,17,18). The predicted molar refractivity (Wildman–Crippen MR) is 76.1 cm³/mol. The lowest BCUT2D eigenvalue weighted by molar-refractivity contribution is 0.442. The Labute approximate surface area is 110 Å². The number of hydrogen-bond donors (Lipinski definition) is 2. The van der Waals surface area contributed by atoms with Crippen LogP contribution >= 0.6 is 0 Å². The molecule has 0 aliphatic heterocycles. The van der Waals surface area contributed by atoms with Gasteiger partial charge in [0.15, 0.2) is 0 Å². The molecule has 18 heavy (non-hydrogen) atoms. The zero-order valence-corrected chi connectivity index (χ0v) is 11.9. The highest BCUT2D eigenvalue weighted by molar-refractivity contribution is 5.48. The highest BCUT2D eigenvalue weighted by Crippen LogP contribution is 2.38. The van der Waals surface area contributed by atoms with Gasteiger partial charge in [-0.05, 0) is 25.2 Å². The van der Waals surface area contributed by atoms with Crippen LogP contribution in [0, 0.1) is 5.41 Å². The summed E-state index contributed by atoms with van der Waals surface area (Å²) in [4.78, 5) is 9.19. The molecule has 0 atom stereocenters. The number of aromatic nitrogens is 2. The molecule has 1 aliphatic rings. The van der Waals surface area contributed by atoms with Crippen molar-refractivity contribution in [2.45, 2.75) is 46.5 Å². The number of anilines is 2. The van der Waals surface area contributed by atoms with Crippen molar-refractivity contribution in [1.82, 2.24) is 9.97 Å². The Morgan fingerprint density at radius 1 is 1.17 bits per heavy atom. The molecule has 0 bridgehead atoms. The van der Waals surface area contributed by atoms with E-state index >= 15 is 0 Å². The summed E-state index contributed by atoms with van der Waals surface area (Å²) < 4.78 is 0. The van der Waals surface area contributed by atoms with E-state index in [1.165, 1.54) is 12.8 Å². The summed E-state index contributed by atoms with van der Waals surface area (Å²) in [7, 11) is 0. The molecule has 1 aliphatic carbocycles. The third-order valence-corrected chi connectivity index (χ3v) is 2.84. The van der Waals surface area contributed by atoms with Crippen LogP contribution in [0.1, 0.15) is 52.3 Å². The second kappa shape index (κ2) is 5.12. The van der Waals surface area contributed by atoms with Crippen LogP contribution in [0.3, 0.4) is 0 Å². The molecular formula is C14H24N4. The molecule has 1 heterocycles. The molecule has 2 N–H and O–H groups in total. The molecule has 0 amide bonds. The van der Waals surface area contributed by atoms with Gasteiger partial charge in [-0.1, -0.05) is 20.8 Å². The van der Waals surface area contributed by atoms with Gasteiger partial charge in [0, 0.05) is 25.1 Å². The molecule has 100 valence electrons. The van der Waals surface area contributed by atoms with Crippen molar-refractivity contribution in [3.8, 4) is 0 Å². The van der Waals surface area contributed by atoms with Crippen molar-refractivity contribution in [1.29, 1.82) is 0 Å². The van der Waals surface area contributed by atoms with Gasteiger partial charge in [0.25, 0.3) is 0 Å². The van der Waals surface area contributed by atoms with Gasteiger partial charge in [-0.25, -0.2) is 9.97 Å². The normalized spacial score (nSPS) is 15.6. The topological polar surface area (TPSA) is 49.8 Å². The largest absolute Gasteiger partial charge is 0.370 e. The van der Waals surface area contributed by atoms with Crippen LogP contribution in [0.15, 0.2) is 6.07 Å². The fourth-order valence-corrected chi connectivity index (χ4v) is 1.71. The second-order valence-corrected chi connectivity index (χ2v) is 6.22. The molecule has 2 rings (SSSR count). The summed E-state index contributed by atoms with van der Waals surface area (Å²) in [6.07, 6.45) is 2.46. The Morgan fingerprint density at radius 3 is 2.28 bits per heavy atom. The molecule has 4 heteroatoms. The van der Waals surface area contributed by atoms with E-state index < -0.39 is 0 Å². The second-order valence-electron chi connectivity index (χ2n) is 6.22. The first-order valence-electron chi connectivity index (χ1n) is 6.84. The highest BCUT2D eigenvalue weighted by Gasteiger charge is 2.27. The van der Waals surface area contributed by atoms with Gasteiger partial charge < -0.3 is 10.6 Å². The van der Waals surface area contributed by atoms with Crippen molar-refractivity contribution < 1.29 is 0 Å². The highest BCUT2D eigenvalue weighted by atomic mass is 15.1. The lowest BCUT2D eigenvalue weighted by Crippen LogP contribution is -2.20. The molecule has 0 aromatic carbocycles. The fourth-order valence-electron chi connectivity index (χ4n) is 1.71. The Morgan fingerprint density at radius 2 is 1.78 bits per heavy atom. The quantitative estimate of drug-likeness (QED) is 0.840. The zero-order valence-electron chi connectivity index (χ0n) is 11.9. The van der Waals surface area contributed by atoms with E-state index in [2.05, 4.69) is 48.3 Å². The lowest BCUT2D eigenvalue weighted by atomic mass is 9.97. The van der Waals surface area contributed by atoms with Crippen LogP contribution < -0.4 is 10.6 Å². The molecule has 0 spiro atoms. The molecule has 0 radical (unpaired) electrons. The number of rotatable bonds is 5. The average molecular weight is 248 g/mol. The van der Waals surface area contributed by atoms with Gasteiger partial charge in [0.1, 0.15) is 17.5 Å². The van der Waals surface area contributed by atoms with Gasteiger partial charge in [-0.15, -0.1) is 0 Å². The molecular weight excluding hydrogens is 224 g/mol. The molecule has 1 saturated carbocycles. The minimum absolute atomic E-state index is 0.253.